The van der Waals surface area contributed by atoms with Gasteiger partial charge in [-0.1, -0.05) is 6.07 Å². The summed E-state index contributed by atoms with van der Waals surface area (Å²) in [5.74, 6) is 0. The van der Waals surface area contributed by atoms with E-state index in [4.69, 9.17) is 4.74 Å². The lowest BCUT2D eigenvalue weighted by Gasteiger charge is -2.34. The zero-order valence-corrected chi connectivity index (χ0v) is 10.9. The third-order valence-corrected chi connectivity index (χ3v) is 5.27. The molecule has 2 aromatic heterocycles. The highest BCUT2D eigenvalue weighted by Crippen LogP contribution is 2.41. The molecule has 1 saturated heterocycles. The van der Waals surface area contributed by atoms with Crippen LogP contribution in [0.2, 0.25) is 0 Å². The van der Waals surface area contributed by atoms with E-state index in [-0.39, 0.29) is 0 Å². The molecule has 86 valence electrons. The van der Waals surface area contributed by atoms with Gasteiger partial charge in [0.2, 0.25) is 0 Å². The van der Waals surface area contributed by atoms with E-state index in [1.807, 2.05) is 18.4 Å². The summed E-state index contributed by atoms with van der Waals surface area (Å²) in [5.41, 5.74) is 0.514. The molecule has 0 N–H and O–H groups in total. The van der Waals surface area contributed by atoms with Crippen molar-refractivity contribution in [1.82, 2.24) is 4.98 Å². The van der Waals surface area contributed by atoms with Crippen molar-refractivity contribution in [3.05, 3.63) is 28.1 Å². The van der Waals surface area contributed by atoms with Crippen LogP contribution in [0, 0.1) is 18.3 Å². The van der Waals surface area contributed by atoms with Gasteiger partial charge in [0.05, 0.1) is 34.7 Å². The minimum atomic E-state index is -0.447. The maximum Gasteiger partial charge on any atom is 0.140 e. The van der Waals surface area contributed by atoms with E-state index in [1.165, 1.54) is 0 Å². The Morgan fingerprint density at radius 1 is 1.53 bits per heavy atom. The van der Waals surface area contributed by atoms with Crippen LogP contribution in [0.25, 0.3) is 9.88 Å². The van der Waals surface area contributed by atoms with Crippen molar-refractivity contribution in [3.63, 3.8) is 0 Å². The summed E-state index contributed by atoms with van der Waals surface area (Å²) in [6, 6.07) is 6.45. The molecular formula is C12H10N2OS2. The quantitative estimate of drug-likeness (QED) is 0.836. The van der Waals surface area contributed by atoms with Crippen molar-refractivity contribution < 1.29 is 4.74 Å². The van der Waals surface area contributed by atoms with E-state index in [0.717, 1.165) is 20.5 Å². The first-order valence-electron chi connectivity index (χ1n) is 5.26. The molecule has 3 heterocycles. The van der Waals surface area contributed by atoms with Gasteiger partial charge in [-0.15, -0.1) is 22.7 Å². The Morgan fingerprint density at radius 2 is 2.35 bits per heavy atom. The summed E-state index contributed by atoms with van der Waals surface area (Å²) in [7, 11) is 0. The Bertz CT molecular complexity index is 576. The van der Waals surface area contributed by atoms with Gasteiger partial charge in [-0.3, -0.25) is 0 Å². The van der Waals surface area contributed by atoms with Gasteiger partial charge >= 0.3 is 0 Å². The predicted octanol–water partition coefficient (Wildman–Crippen LogP) is 2.97. The highest BCUT2D eigenvalue weighted by Gasteiger charge is 2.44. The Hall–Kier alpha value is -1.22. The molecule has 5 heteroatoms. The summed E-state index contributed by atoms with van der Waals surface area (Å²) in [5, 5.41) is 12.4. The lowest BCUT2D eigenvalue weighted by Crippen LogP contribution is -2.45. The van der Waals surface area contributed by atoms with Crippen molar-refractivity contribution in [2.45, 2.75) is 12.3 Å². The largest absolute Gasteiger partial charge is 0.377 e. The first kappa shape index (κ1) is 10.9. The summed E-state index contributed by atoms with van der Waals surface area (Å²) >= 11 is 3.30. The molecule has 0 aliphatic carbocycles. The number of hydrogen-bond donors (Lipinski definition) is 0. The Labute approximate surface area is 107 Å². The first-order valence-corrected chi connectivity index (χ1v) is 6.95. The second-order valence-electron chi connectivity index (χ2n) is 4.10. The SMILES string of the molecule is Cc1nc(-c2cccs2)sc1C1(C#N)COC1. The number of nitriles is 1. The number of nitrogens with zero attached hydrogens (tertiary/aromatic N) is 2. The molecule has 0 radical (unpaired) electrons. The molecule has 0 unspecified atom stereocenters. The van der Waals surface area contributed by atoms with Gasteiger partial charge in [0.15, 0.2) is 0 Å². The summed E-state index contributed by atoms with van der Waals surface area (Å²) < 4.78 is 5.20. The molecule has 0 atom stereocenters. The van der Waals surface area contributed by atoms with Crippen molar-refractivity contribution in [1.29, 1.82) is 5.26 Å². The van der Waals surface area contributed by atoms with Gasteiger partial charge in [0.25, 0.3) is 0 Å². The number of rotatable bonds is 2. The van der Waals surface area contributed by atoms with E-state index in [0.29, 0.717) is 13.2 Å². The fraction of sp³-hybridized carbons (Fsp3) is 0.333. The molecule has 2 aromatic rings. The van der Waals surface area contributed by atoms with Crippen LogP contribution in [0.4, 0.5) is 0 Å². The molecule has 1 fully saturated rings. The van der Waals surface area contributed by atoms with Crippen LogP contribution in [0.15, 0.2) is 17.5 Å². The van der Waals surface area contributed by atoms with E-state index < -0.39 is 5.41 Å². The fourth-order valence-electron chi connectivity index (χ4n) is 1.90. The molecular weight excluding hydrogens is 252 g/mol. The van der Waals surface area contributed by atoms with Gasteiger partial charge in [-0.2, -0.15) is 5.26 Å². The van der Waals surface area contributed by atoms with E-state index in [2.05, 4.69) is 17.1 Å². The number of thiazole rings is 1. The van der Waals surface area contributed by atoms with Crippen LogP contribution >= 0.6 is 22.7 Å². The predicted molar refractivity (Wildman–Crippen MR) is 68.3 cm³/mol. The third kappa shape index (κ3) is 1.61. The molecule has 1 aliphatic heterocycles. The highest BCUT2D eigenvalue weighted by atomic mass is 32.1. The number of ether oxygens (including phenoxy) is 1. The monoisotopic (exact) mass is 262 g/mol. The minimum absolute atomic E-state index is 0.447. The standard InChI is InChI=1S/C12H10N2OS2/c1-8-10(12(5-13)6-15-7-12)17-11(14-8)9-3-2-4-16-9/h2-4H,6-7H2,1H3. The average molecular weight is 262 g/mol. The van der Waals surface area contributed by atoms with Crippen molar-refractivity contribution in [3.8, 4) is 16.0 Å². The van der Waals surface area contributed by atoms with Crippen LogP contribution in [-0.2, 0) is 10.2 Å². The molecule has 0 saturated carbocycles. The Kier molecular flexibility index (Phi) is 2.51. The van der Waals surface area contributed by atoms with E-state index >= 15 is 0 Å². The fourth-order valence-corrected chi connectivity index (χ4v) is 3.87. The molecule has 0 amide bonds. The van der Waals surface area contributed by atoms with Gasteiger partial charge in [0.1, 0.15) is 10.4 Å². The van der Waals surface area contributed by atoms with Gasteiger partial charge in [-0.05, 0) is 18.4 Å². The molecule has 0 aromatic carbocycles. The van der Waals surface area contributed by atoms with Gasteiger partial charge < -0.3 is 4.74 Å². The van der Waals surface area contributed by atoms with Crippen LogP contribution in [0.3, 0.4) is 0 Å². The maximum atomic E-state index is 9.31. The molecule has 0 bridgehead atoms. The second-order valence-corrected chi connectivity index (χ2v) is 6.04. The van der Waals surface area contributed by atoms with Gasteiger partial charge in [0, 0.05) is 0 Å². The number of aromatic nitrogens is 1. The van der Waals surface area contributed by atoms with E-state index in [1.54, 1.807) is 22.7 Å². The molecule has 3 rings (SSSR count). The summed E-state index contributed by atoms with van der Waals surface area (Å²) in [4.78, 5) is 6.80. The normalized spacial score (nSPS) is 17.4. The highest BCUT2D eigenvalue weighted by molar-refractivity contribution is 7.21. The summed E-state index contributed by atoms with van der Waals surface area (Å²) in [6.45, 7) is 2.97. The van der Waals surface area contributed by atoms with E-state index in [9.17, 15) is 5.26 Å². The number of thiophene rings is 1. The Balaban J connectivity index is 2.05. The Morgan fingerprint density at radius 3 is 2.88 bits per heavy atom. The summed E-state index contributed by atoms with van der Waals surface area (Å²) in [6.07, 6.45) is 0. The molecule has 17 heavy (non-hydrogen) atoms. The average Bonchev–Trinajstić information content (AvgIpc) is 2.87. The van der Waals surface area contributed by atoms with Crippen molar-refractivity contribution in [2.75, 3.05) is 13.2 Å². The zero-order valence-electron chi connectivity index (χ0n) is 9.27. The van der Waals surface area contributed by atoms with Crippen LogP contribution < -0.4 is 0 Å². The maximum absolute atomic E-state index is 9.31. The lowest BCUT2D eigenvalue weighted by molar-refractivity contribution is -0.0284. The molecule has 0 spiro atoms. The molecule has 3 nitrogen and oxygen atoms in total. The smallest absolute Gasteiger partial charge is 0.140 e. The number of hydrogen-bond acceptors (Lipinski definition) is 5. The third-order valence-electron chi connectivity index (χ3n) is 2.87. The first-order chi connectivity index (χ1) is 8.25. The van der Waals surface area contributed by atoms with Gasteiger partial charge in [-0.25, -0.2) is 4.98 Å². The second kappa shape index (κ2) is 3.91. The number of aryl methyl sites for hydroxylation is 1. The van der Waals surface area contributed by atoms with Crippen LogP contribution in [0.1, 0.15) is 10.6 Å². The minimum Gasteiger partial charge on any atom is -0.377 e. The van der Waals surface area contributed by atoms with Crippen molar-refractivity contribution >= 4 is 22.7 Å². The molecule has 1 aliphatic rings. The topological polar surface area (TPSA) is 45.9 Å². The van der Waals surface area contributed by atoms with Crippen molar-refractivity contribution in [2.24, 2.45) is 0 Å². The lowest BCUT2D eigenvalue weighted by atomic mass is 9.85. The zero-order chi connectivity index (χ0) is 11.9. The van der Waals surface area contributed by atoms with Crippen LogP contribution in [-0.4, -0.2) is 18.2 Å². The van der Waals surface area contributed by atoms with Crippen LogP contribution in [0.5, 0.6) is 0 Å².